The lowest BCUT2D eigenvalue weighted by Gasteiger charge is -2.43. The molecular weight excluding hydrogens is 276 g/mol. The number of nitrogens with zero attached hydrogens (tertiary/aromatic N) is 2. The van der Waals surface area contributed by atoms with Crippen LogP contribution in [0.25, 0.3) is 0 Å². The number of benzene rings is 1. The lowest BCUT2D eigenvalue weighted by molar-refractivity contribution is -0.198. The summed E-state index contributed by atoms with van der Waals surface area (Å²) < 4.78 is 5.65. The zero-order valence-corrected chi connectivity index (χ0v) is 12.4. The maximum Gasteiger partial charge on any atom is 0.269 e. The number of hydrogen-bond donors (Lipinski definition) is 0. The molecule has 106 valence electrons. The number of amides is 1. The van der Waals surface area contributed by atoms with Crippen molar-refractivity contribution < 1.29 is 9.53 Å². The van der Waals surface area contributed by atoms with Crippen LogP contribution in [-0.2, 0) is 9.53 Å². The Kier molecular flexibility index (Phi) is 4.32. The maximum atomic E-state index is 12.3. The molecule has 1 aromatic carbocycles. The number of nitriles is 1. The molecule has 0 aromatic heterocycles. The highest BCUT2D eigenvalue weighted by Crippen LogP contribution is 2.44. The van der Waals surface area contributed by atoms with Gasteiger partial charge in [-0.3, -0.25) is 4.79 Å². The van der Waals surface area contributed by atoms with E-state index in [1.165, 1.54) is 0 Å². The van der Waals surface area contributed by atoms with E-state index in [0.717, 1.165) is 5.56 Å². The first kappa shape index (κ1) is 14.8. The van der Waals surface area contributed by atoms with E-state index in [-0.39, 0.29) is 12.0 Å². The van der Waals surface area contributed by atoms with Gasteiger partial charge in [-0.2, -0.15) is 5.26 Å². The third-order valence-corrected chi connectivity index (χ3v) is 3.89. The van der Waals surface area contributed by atoms with Crippen molar-refractivity contribution in [3.63, 3.8) is 0 Å². The number of likely N-dealkylation sites (N-methyl/N-ethyl adjacent to an activating group) is 1. The van der Waals surface area contributed by atoms with Crippen LogP contribution in [0.15, 0.2) is 24.3 Å². The van der Waals surface area contributed by atoms with Crippen LogP contribution >= 0.6 is 11.6 Å². The molecule has 0 N–H and O–H groups in total. The van der Waals surface area contributed by atoms with Gasteiger partial charge in [0.05, 0.1) is 6.10 Å². The molecule has 1 saturated heterocycles. The highest BCUT2D eigenvalue weighted by Gasteiger charge is 2.54. The smallest absolute Gasteiger partial charge is 0.269 e. The van der Waals surface area contributed by atoms with Crippen LogP contribution in [0.1, 0.15) is 31.9 Å². The van der Waals surface area contributed by atoms with Crippen LogP contribution < -0.4 is 0 Å². The first-order valence-corrected chi connectivity index (χ1v) is 7.08. The Hall–Kier alpha value is -1.57. The lowest BCUT2D eigenvalue weighted by atomic mass is 9.85. The summed E-state index contributed by atoms with van der Waals surface area (Å²) >= 11 is 5.84. The third kappa shape index (κ3) is 2.52. The van der Waals surface area contributed by atoms with Crippen LogP contribution in [0, 0.1) is 11.3 Å². The Morgan fingerprint density at radius 3 is 2.45 bits per heavy atom. The molecule has 1 amide bonds. The molecule has 0 aliphatic carbocycles. The normalized spacial score (nSPS) is 24.6. The fourth-order valence-electron chi connectivity index (χ4n) is 2.38. The van der Waals surface area contributed by atoms with E-state index in [4.69, 9.17) is 16.3 Å². The van der Waals surface area contributed by atoms with Gasteiger partial charge in [0.25, 0.3) is 5.91 Å². The molecule has 1 unspecified atom stereocenters. The molecule has 0 spiro atoms. The van der Waals surface area contributed by atoms with Crippen molar-refractivity contribution in [2.45, 2.75) is 32.0 Å². The van der Waals surface area contributed by atoms with Gasteiger partial charge in [-0.05, 0) is 31.5 Å². The minimum atomic E-state index is -1.32. The standard InChI is InChI=1S/C15H17ClN2O2/c1-3-18(4-2)14(19)15(10-17)9-13(20-15)11-5-7-12(16)8-6-11/h5-8,13H,3-4,9H2,1-2H3/t13?,15-/m0/s1. The van der Waals surface area contributed by atoms with Gasteiger partial charge in [-0.15, -0.1) is 0 Å². The van der Waals surface area contributed by atoms with E-state index in [9.17, 15) is 10.1 Å². The maximum absolute atomic E-state index is 12.3. The number of rotatable bonds is 4. The first-order valence-electron chi connectivity index (χ1n) is 6.70. The van der Waals surface area contributed by atoms with Crippen molar-refractivity contribution in [2.24, 2.45) is 0 Å². The Labute approximate surface area is 123 Å². The Balaban J connectivity index is 2.10. The predicted molar refractivity (Wildman–Crippen MR) is 76.2 cm³/mol. The van der Waals surface area contributed by atoms with Crippen LogP contribution in [0.3, 0.4) is 0 Å². The molecule has 0 saturated carbocycles. The van der Waals surface area contributed by atoms with Crippen LogP contribution in [-0.4, -0.2) is 29.5 Å². The average molecular weight is 293 g/mol. The van der Waals surface area contributed by atoms with E-state index < -0.39 is 5.60 Å². The summed E-state index contributed by atoms with van der Waals surface area (Å²) in [4.78, 5) is 14.0. The van der Waals surface area contributed by atoms with Crippen molar-refractivity contribution in [1.29, 1.82) is 5.26 Å². The summed E-state index contributed by atoms with van der Waals surface area (Å²) in [6.07, 6.45) is 0.173. The topological polar surface area (TPSA) is 53.3 Å². The predicted octanol–water partition coefficient (Wildman–Crippen LogP) is 2.93. The highest BCUT2D eigenvalue weighted by molar-refractivity contribution is 6.30. The van der Waals surface area contributed by atoms with Crippen molar-refractivity contribution >= 4 is 17.5 Å². The number of hydrogen-bond acceptors (Lipinski definition) is 3. The molecule has 2 rings (SSSR count). The zero-order valence-electron chi connectivity index (χ0n) is 11.6. The summed E-state index contributed by atoms with van der Waals surface area (Å²) in [6.45, 7) is 4.94. The zero-order chi connectivity index (χ0) is 14.8. The molecule has 1 aliphatic rings. The molecule has 0 bridgehead atoms. The molecule has 0 radical (unpaired) electrons. The second-order valence-electron chi connectivity index (χ2n) is 4.78. The van der Waals surface area contributed by atoms with Gasteiger partial charge in [-0.25, -0.2) is 0 Å². The molecular formula is C15H17ClN2O2. The molecule has 2 atom stereocenters. The van der Waals surface area contributed by atoms with Gasteiger partial charge in [0.2, 0.25) is 5.60 Å². The van der Waals surface area contributed by atoms with Gasteiger partial charge < -0.3 is 9.64 Å². The average Bonchev–Trinajstić information content (AvgIpc) is 2.41. The fourth-order valence-corrected chi connectivity index (χ4v) is 2.51. The number of ether oxygens (including phenoxy) is 1. The summed E-state index contributed by atoms with van der Waals surface area (Å²) in [5.74, 6) is -0.241. The van der Waals surface area contributed by atoms with Crippen molar-refractivity contribution in [2.75, 3.05) is 13.1 Å². The molecule has 1 aliphatic heterocycles. The molecule has 1 heterocycles. The van der Waals surface area contributed by atoms with E-state index in [0.29, 0.717) is 24.5 Å². The van der Waals surface area contributed by atoms with Gasteiger partial charge in [0.15, 0.2) is 0 Å². The van der Waals surface area contributed by atoms with E-state index >= 15 is 0 Å². The van der Waals surface area contributed by atoms with Gasteiger partial charge in [0.1, 0.15) is 6.07 Å². The molecule has 5 heteroatoms. The van der Waals surface area contributed by atoms with Crippen molar-refractivity contribution in [3.05, 3.63) is 34.9 Å². The summed E-state index contributed by atoms with van der Waals surface area (Å²) in [7, 11) is 0. The lowest BCUT2D eigenvalue weighted by Crippen LogP contribution is -2.57. The van der Waals surface area contributed by atoms with Crippen molar-refractivity contribution in [3.8, 4) is 6.07 Å². The van der Waals surface area contributed by atoms with E-state index in [2.05, 4.69) is 0 Å². The third-order valence-electron chi connectivity index (χ3n) is 3.63. The second kappa shape index (κ2) is 5.82. The van der Waals surface area contributed by atoms with E-state index in [1.54, 1.807) is 17.0 Å². The Bertz CT molecular complexity index is 526. The molecule has 1 fully saturated rings. The number of halogens is 1. The summed E-state index contributed by atoms with van der Waals surface area (Å²) in [6, 6.07) is 9.30. The minimum absolute atomic E-state index is 0.216. The Morgan fingerprint density at radius 1 is 1.45 bits per heavy atom. The minimum Gasteiger partial charge on any atom is -0.343 e. The van der Waals surface area contributed by atoms with Crippen molar-refractivity contribution in [1.82, 2.24) is 4.90 Å². The summed E-state index contributed by atoms with van der Waals surface area (Å²) in [5, 5.41) is 9.96. The second-order valence-corrected chi connectivity index (χ2v) is 5.21. The molecule has 1 aromatic rings. The van der Waals surface area contributed by atoms with Crippen LogP contribution in [0.2, 0.25) is 5.02 Å². The number of carbonyl (C=O) groups is 1. The van der Waals surface area contributed by atoms with Gasteiger partial charge in [-0.1, -0.05) is 23.7 Å². The van der Waals surface area contributed by atoms with Crippen LogP contribution in [0.4, 0.5) is 0 Å². The Morgan fingerprint density at radius 2 is 2.00 bits per heavy atom. The summed E-state index contributed by atoms with van der Waals surface area (Å²) in [5.41, 5.74) is -0.385. The molecule has 4 nitrogen and oxygen atoms in total. The number of carbonyl (C=O) groups excluding carboxylic acids is 1. The largest absolute Gasteiger partial charge is 0.343 e. The monoisotopic (exact) mass is 292 g/mol. The van der Waals surface area contributed by atoms with E-state index in [1.807, 2.05) is 32.0 Å². The van der Waals surface area contributed by atoms with Gasteiger partial charge in [0, 0.05) is 24.5 Å². The molecule has 20 heavy (non-hydrogen) atoms. The van der Waals surface area contributed by atoms with Gasteiger partial charge >= 0.3 is 0 Å². The highest BCUT2D eigenvalue weighted by atomic mass is 35.5. The SMILES string of the molecule is CCN(CC)C(=O)[C@@]1(C#N)CC(c2ccc(Cl)cc2)O1. The fraction of sp³-hybridized carbons (Fsp3) is 0.467. The quantitative estimate of drug-likeness (QED) is 0.857. The first-order chi connectivity index (χ1) is 9.56. The van der Waals surface area contributed by atoms with Crippen LogP contribution in [0.5, 0.6) is 0 Å².